The molecular formula is C16H21N3O. The molecule has 1 aliphatic heterocycles. The van der Waals surface area contributed by atoms with Gasteiger partial charge in [0.05, 0.1) is 30.0 Å². The Kier molecular flexibility index (Phi) is 3.11. The molecule has 2 aliphatic rings. The van der Waals surface area contributed by atoms with Crippen LogP contribution in [0.4, 0.5) is 0 Å². The Morgan fingerprint density at radius 1 is 1.20 bits per heavy atom. The van der Waals surface area contributed by atoms with Crippen LogP contribution >= 0.6 is 0 Å². The number of hydrogen-bond acceptors (Lipinski definition) is 3. The fourth-order valence-corrected chi connectivity index (χ4v) is 3.64. The van der Waals surface area contributed by atoms with E-state index in [-0.39, 0.29) is 0 Å². The maximum atomic E-state index is 5.32. The zero-order valence-electron chi connectivity index (χ0n) is 11.8. The Balaban J connectivity index is 1.85. The molecule has 2 aromatic heterocycles. The molecule has 1 N–H and O–H groups in total. The second-order valence-corrected chi connectivity index (χ2v) is 5.92. The molecule has 4 nitrogen and oxygen atoms in total. The third-order valence-corrected chi connectivity index (χ3v) is 4.65. The second kappa shape index (κ2) is 5.09. The van der Waals surface area contributed by atoms with Crippen LogP contribution in [0.3, 0.4) is 0 Å². The summed E-state index contributed by atoms with van der Waals surface area (Å²) in [6, 6.07) is 2.65. The first kappa shape index (κ1) is 12.2. The highest BCUT2D eigenvalue weighted by atomic mass is 16.3. The Hall–Kier alpha value is -1.55. The van der Waals surface area contributed by atoms with E-state index in [9.17, 15) is 0 Å². The molecule has 1 aliphatic carbocycles. The summed E-state index contributed by atoms with van der Waals surface area (Å²) in [5.74, 6) is 0. The minimum atomic E-state index is 0.583. The second-order valence-electron chi connectivity index (χ2n) is 5.92. The van der Waals surface area contributed by atoms with E-state index in [1.165, 1.54) is 48.2 Å². The number of furan rings is 1. The maximum absolute atomic E-state index is 5.32. The molecule has 0 unspecified atom stereocenters. The lowest BCUT2D eigenvalue weighted by atomic mass is 10.0. The molecule has 0 spiro atoms. The fourth-order valence-electron chi connectivity index (χ4n) is 3.64. The topological polar surface area (TPSA) is 43.0 Å². The third-order valence-electron chi connectivity index (χ3n) is 4.65. The lowest BCUT2D eigenvalue weighted by Crippen LogP contribution is -2.17. The highest BCUT2D eigenvalue weighted by molar-refractivity contribution is 5.64. The summed E-state index contributed by atoms with van der Waals surface area (Å²) in [7, 11) is 0. The molecule has 4 heteroatoms. The first-order valence-corrected chi connectivity index (χ1v) is 7.77. The van der Waals surface area contributed by atoms with E-state index in [2.05, 4.69) is 16.1 Å². The van der Waals surface area contributed by atoms with Crippen molar-refractivity contribution in [3.63, 3.8) is 0 Å². The number of nitrogens with one attached hydrogen (secondary N) is 1. The van der Waals surface area contributed by atoms with Gasteiger partial charge >= 0.3 is 0 Å². The van der Waals surface area contributed by atoms with Gasteiger partial charge in [0.25, 0.3) is 0 Å². The summed E-state index contributed by atoms with van der Waals surface area (Å²) >= 11 is 0. The van der Waals surface area contributed by atoms with Gasteiger partial charge in [-0.1, -0.05) is 12.8 Å². The molecule has 2 aromatic rings. The monoisotopic (exact) mass is 271 g/mol. The summed E-state index contributed by atoms with van der Waals surface area (Å²) in [4.78, 5) is 0. The number of fused-ring (bicyclic) bond motifs is 1. The lowest BCUT2D eigenvalue weighted by Gasteiger charge is -2.14. The summed E-state index contributed by atoms with van der Waals surface area (Å²) in [5.41, 5.74) is 5.22. The van der Waals surface area contributed by atoms with Gasteiger partial charge in [-0.25, -0.2) is 0 Å². The third kappa shape index (κ3) is 1.99. The molecule has 20 heavy (non-hydrogen) atoms. The van der Waals surface area contributed by atoms with Crippen LogP contribution in [0, 0.1) is 0 Å². The van der Waals surface area contributed by atoms with E-state index in [1.54, 1.807) is 6.26 Å². The van der Waals surface area contributed by atoms with Crippen LogP contribution < -0.4 is 5.32 Å². The van der Waals surface area contributed by atoms with E-state index in [4.69, 9.17) is 9.52 Å². The molecule has 4 rings (SSSR count). The first-order chi connectivity index (χ1) is 9.93. The summed E-state index contributed by atoms with van der Waals surface area (Å²) < 4.78 is 7.63. The van der Waals surface area contributed by atoms with Crippen LogP contribution in [0.1, 0.15) is 43.0 Å². The van der Waals surface area contributed by atoms with Crippen LogP contribution in [-0.2, 0) is 12.8 Å². The van der Waals surface area contributed by atoms with Crippen LogP contribution in [0.5, 0.6) is 0 Å². The van der Waals surface area contributed by atoms with Gasteiger partial charge in [-0.15, -0.1) is 0 Å². The Morgan fingerprint density at radius 2 is 2.05 bits per heavy atom. The Labute approximate surface area is 119 Å². The minimum absolute atomic E-state index is 0.583. The van der Waals surface area contributed by atoms with Gasteiger partial charge in [0, 0.05) is 24.1 Å². The average Bonchev–Trinajstić information content (AvgIpc) is 3.16. The predicted octanol–water partition coefficient (Wildman–Crippen LogP) is 2.95. The van der Waals surface area contributed by atoms with Gasteiger partial charge in [-0.3, -0.25) is 4.68 Å². The van der Waals surface area contributed by atoms with Crippen molar-refractivity contribution in [2.24, 2.45) is 0 Å². The number of hydrogen-bond donors (Lipinski definition) is 1. The van der Waals surface area contributed by atoms with E-state index < -0.39 is 0 Å². The van der Waals surface area contributed by atoms with Crippen LogP contribution in [-0.4, -0.2) is 22.9 Å². The molecule has 3 heterocycles. The summed E-state index contributed by atoms with van der Waals surface area (Å²) in [6.45, 7) is 2.09. The molecule has 0 bridgehead atoms. The molecule has 106 valence electrons. The molecular weight excluding hydrogens is 250 g/mol. The van der Waals surface area contributed by atoms with E-state index in [1.807, 2.05) is 6.26 Å². The minimum Gasteiger partial charge on any atom is -0.472 e. The normalized spacial score (nSPS) is 20.0. The highest BCUT2D eigenvalue weighted by Crippen LogP contribution is 2.36. The largest absolute Gasteiger partial charge is 0.472 e. The average molecular weight is 271 g/mol. The number of aromatic nitrogens is 2. The molecule has 0 saturated heterocycles. The first-order valence-electron chi connectivity index (χ1n) is 7.77. The van der Waals surface area contributed by atoms with Crippen molar-refractivity contribution in [3.8, 4) is 11.3 Å². The molecule has 1 saturated carbocycles. The standard InChI is InChI=1S/C16H21N3O/c1-2-4-13(3-1)19-16(12-7-10-20-11-12)14-5-8-17-9-6-15(14)18-19/h7,10-11,13,17H,1-6,8-9H2. The fraction of sp³-hybridized carbons (Fsp3) is 0.562. The lowest BCUT2D eigenvalue weighted by molar-refractivity contribution is 0.466. The summed E-state index contributed by atoms with van der Waals surface area (Å²) in [6.07, 6.45) is 10.9. The number of nitrogens with zero attached hydrogens (tertiary/aromatic N) is 2. The highest BCUT2D eigenvalue weighted by Gasteiger charge is 2.26. The SMILES string of the molecule is c1cc(-c2c3c(nn2C2CCCC2)CCNCC3)co1. The predicted molar refractivity (Wildman–Crippen MR) is 77.7 cm³/mol. The van der Waals surface area contributed by atoms with Crippen molar-refractivity contribution in [2.75, 3.05) is 13.1 Å². The van der Waals surface area contributed by atoms with E-state index in [0.717, 1.165) is 25.9 Å². The van der Waals surface area contributed by atoms with Gasteiger partial charge in [-0.2, -0.15) is 5.10 Å². The number of rotatable bonds is 2. The van der Waals surface area contributed by atoms with Gasteiger partial charge < -0.3 is 9.73 Å². The van der Waals surface area contributed by atoms with Gasteiger partial charge in [0.2, 0.25) is 0 Å². The van der Waals surface area contributed by atoms with Gasteiger partial charge in [0.15, 0.2) is 0 Å². The van der Waals surface area contributed by atoms with Gasteiger partial charge in [0.1, 0.15) is 0 Å². The van der Waals surface area contributed by atoms with Crippen molar-refractivity contribution >= 4 is 0 Å². The molecule has 1 fully saturated rings. The smallest absolute Gasteiger partial charge is 0.0996 e. The van der Waals surface area contributed by atoms with Crippen molar-refractivity contribution < 1.29 is 4.42 Å². The molecule has 0 amide bonds. The van der Waals surface area contributed by atoms with Crippen LogP contribution in [0.2, 0.25) is 0 Å². The van der Waals surface area contributed by atoms with Crippen molar-refractivity contribution in [3.05, 3.63) is 29.9 Å². The van der Waals surface area contributed by atoms with Crippen molar-refractivity contribution in [2.45, 2.75) is 44.6 Å². The van der Waals surface area contributed by atoms with E-state index >= 15 is 0 Å². The molecule has 0 aromatic carbocycles. The van der Waals surface area contributed by atoms with Crippen molar-refractivity contribution in [1.29, 1.82) is 0 Å². The molecule has 0 atom stereocenters. The Morgan fingerprint density at radius 3 is 2.85 bits per heavy atom. The van der Waals surface area contributed by atoms with Crippen molar-refractivity contribution in [1.82, 2.24) is 15.1 Å². The summed E-state index contributed by atoms with van der Waals surface area (Å²) in [5, 5.41) is 8.45. The van der Waals surface area contributed by atoms with Crippen LogP contribution in [0.25, 0.3) is 11.3 Å². The van der Waals surface area contributed by atoms with E-state index in [0.29, 0.717) is 6.04 Å². The molecule has 0 radical (unpaired) electrons. The Bertz CT molecular complexity index is 579. The van der Waals surface area contributed by atoms with Crippen LogP contribution in [0.15, 0.2) is 23.0 Å². The quantitative estimate of drug-likeness (QED) is 0.913. The maximum Gasteiger partial charge on any atom is 0.0996 e. The zero-order chi connectivity index (χ0) is 13.4. The van der Waals surface area contributed by atoms with Gasteiger partial charge in [-0.05, 0) is 31.9 Å². The zero-order valence-corrected chi connectivity index (χ0v) is 11.8.